The van der Waals surface area contributed by atoms with E-state index in [9.17, 15) is 4.79 Å². The minimum absolute atomic E-state index is 0.127. The lowest BCUT2D eigenvalue weighted by Crippen LogP contribution is -2.17. The zero-order valence-corrected chi connectivity index (χ0v) is 13.3. The summed E-state index contributed by atoms with van der Waals surface area (Å²) in [7, 11) is 0. The average molecular weight is 301 g/mol. The van der Waals surface area contributed by atoms with Gasteiger partial charge in [-0.05, 0) is 51.3 Å². The summed E-state index contributed by atoms with van der Waals surface area (Å²) in [5.74, 6) is 1.12. The van der Waals surface area contributed by atoms with Crippen molar-refractivity contribution in [1.82, 2.24) is 0 Å². The van der Waals surface area contributed by atoms with Crippen molar-refractivity contribution in [1.29, 1.82) is 0 Å². The summed E-state index contributed by atoms with van der Waals surface area (Å²) in [6, 6.07) is 5.80. The predicted molar refractivity (Wildman–Crippen MR) is 87.3 cm³/mol. The second-order valence-electron chi connectivity index (χ2n) is 6.21. The molecule has 118 valence electrons. The highest BCUT2D eigenvalue weighted by molar-refractivity contribution is 5.91. The summed E-state index contributed by atoms with van der Waals surface area (Å²) in [5, 5.41) is 3.91. The number of hydrogen-bond donors (Lipinski definition) is 1. The zero-order valence-electron chi connectivity index (χ0n) is 13.3. The van der Waals surface area contributed by atoms with E-state index in [-0.39, 0.29) is 6.10 Å². The van der Waals surface area contributed by atoms with Crippen LogP contribution in [0.15, 0.2) is 22.6 Å². The molecule has 1 aliphatic rings. The van der Waals surface area contributed by atoms with E-state index in [1.54, 1.807) is 0 Å². The Morgan fingerprint density at radius 3 is 2.73 bits per heavy atom. The van der Waals surface area contributed by atoms with Gasteiger partial charge < -0.3 is 9.15 Å². The topological polar surface area (TPSA) is 51.5 Å². The Balaban J connectivity index is 1.88. The second-order valence-corrected chi connectivity index (χ2v) is 6.21. The van der Waals surface area contributed by atoms with Crippen LogP contribution in [0.4, 0.5) is 10.5 Å². The first-order valence-corrected chi connectivity index (χ1v) is 8.15. The Kier molecular flexibility index (Phi) is 4.36. The first kappa shape index (κ1) is 14.9. The van der Waals surface area contributed by atoms with Crippen LogP contribution in [-0.4, -0.2) is 12.2 Å². The molecular weight excluding hydrogens is 278 g/mol. The normalized spacial score (nSPS) is 15.2. The minimum Gasteiger partial charge on any atom is -0.461 e. The molecule has 1 heterocycles. The summed E-state index contributed by atoms with van der Waals surface area (Å²) in [5.41, 5.74) is 2.98. The summed E-state index contributed by atoms with van der Waals surface area (Å²) in [6.07, 6.45) is 6.49. The Labute approximate surface area is 130 Å². The molecular formula is C18H23NO3. The van der Waals surface area contributed by atoms with Crippen LogP contribution in [0, 0.1) is 0 Å². The monoisotopic (exact) mass is 301 g/mol. The van der Waals surface area contributed by atoms with E-state index in [1.165, 1.54) is 31.2 Å². The number of rotatable bonds is 2. The molecule has 1 aromatic heterocycles. The maximum absolute atomic E-state index is 11.7. The molecule has 4 nitrogen and oxygen atoms in total. The predicted octanol–water partition coefficient (Wildman–Crippen LogP) is 5.05. The van der Waals surface area contributed by atoms with Crippen LogP contribution in [-0.2, 0) is 17.6 Å². The van der Waals surface area contributed by atoms with Crippen LogP contribution in [0.1, 0.15) is 50.9 Å². The third-order valence-corrected chi connectivity index (χ3v) is 4.04. The smallest absolute Gasteiger partial charge is 0.411 e. The van der Waals surface area contributed by atoms with Gasteiger partial charge in [-0.3, -0.25) is 5.32 Å². The maximum atomic E-state index is 11.7. The van der Waals surface area contributed by atoms with Crippen molar-refractivity contribution < 1.29 is 13.9 Å². The molecule has 0 aliphatic heterocycles. The summed E-state index contributed by atoms with van der Waals surface area (Å²) in [6.45, 7) is 3.67. The van der Waals surface area contributed by atoms with Crippen molar-refractivity contribution in [3.05, 3.63) is 29.5 Å². The molecule has 0 radical (unpaired) electrons. The largest absolute Gasteiger partial charge is 0.461 e. The number of ether oxygens (including phenoxy) is 1. The molecule has 0 fully saturated rings. The highest BCUT2D eigenvalue weighted by Gasteiger charge is 2.16. The fourth-order valence-electron chi connectivity index (χ4n) is 3.06. The molecule has 4 heteroatoms. The lowest BCUT2D eigenvalue weighted by molar-refractivity contribution is 0.130. The summed E-state index contributed by atoms with van der Waals surface area (Å²) >= 11 is 0. The molecule has 2 aromatic rings. The van der Waals surface area contributed by atoms with Crippen LogP contribution < -0.4 is 5.32 Å². The number of anilines is 1. The maximum Gasteiger partial charge on any atom is 0.411 e. The van der Waals surface area contributed by atoms with Crippen molar-refractivity contribution in [2.24, 2.45) is 0 Å². The van der Waals surface area contributed by atoms with E-state index in [1.807, 2.05) is 32.0 Å². The van der Waals surface area contributed by atoms with Crippen molar-refractivity contribution >= 4 is 22.7 Å². The molecule has 3 rings (SSSR count). The van der Waals surface area contributed by atoms with Crippen molar-refractivity contribution in [2.75, 3.05) is 5.32 Å². The van der Waals surface area contributed by atoms with Crippen LogP contribution in [0.2, 0.25) is 0 Å². The molecule has 22 heavy (non-hydrogen) atoms. The molecule has 0 saturated carbocycles. The molecule has 0 spiro atoms. The van der Waals surface area contributed by atoms with Crippen LogP contribution in [0.25, 0.3) is 11.0 Å². The third-order valence-electron chi connectivity index (χ3n) is 4.04. The highest BCUT2D eigenvalue weighted by Crippen LogP contribution is 2.32. The number of aryl methyl sites for hydroxylation is 2. The van der Waals surface area contributed by atoms with Crippen molar-refractivity contribution in [3.63, 3.8) is 0 Å². The third kappa shape index (κ3) is 3.26. The van der Waals surface area contributed by atoms with E-state index in [2.05, 4.69) is 5.32 Å². The number of carbonyl (C=O) groups is 1. The van der Waals surface area contributed by atoms with E-state index in [4.69, 9.17) is 9.15 Å². The molecule has 1 N–H and O–H groups in total. The van der Waals surface area contributed by atoms with Crippen LogP contribution >= 0.6 is 0 Å². The standard InChI is InChI=1S/C18H23NO3/c1-12(2)21-18(20)19-13-9-10-17-15(11-13)14-7-5-3-4-6-8-16(14)22-17/h9-12H,3-8H2,1-2H3,(H,19,20). The van der Waals surface area contributed by atoms with Gasteiger partial charge in [0.1, 0.15) is 11.3 Å². The zero-order chi connectivity index (χ0) is 15.5. The highest BCUT2D eigenvalue weighted by atomic mass is 16.6. The number of hydrogen-bond acceptors (Lipinski definition) is 3. The SMILES string of the molecule is CC(C)OC(=O)Nc1ccc2oc3c(c2c1)CCCCCC3. The number of fused-ring (bicyclic) bond motifs is 3. The Morgan fingerprint density at radius 2 is 1.95 bits per heavy atom. The molecule has 0 unspecified atom stereocenters. The van der Waals surface area contributed by atoms with E-state index < -0.39 is 6.09 Å². The van der Waals surface area contributed by atoms with Gasteiger partial charge in [0.15, 0.2) is 0 Å². The fraction of sp³-hybridized carbons (Fsp3) is 0.500. The van der Waals surface area contributed by atoms with Crippen LogP contribution in [0.3, 0.4) is 0 Å². The molecule has 0 saturated heterocycles. The van der Waals surface area contributed by atoms with Gasteiger partial charge in [-0.2, -0.15) is 0 Å². The first-order chi connectivity index (χ1) is 10.6. The number of nitrogens with one attached hydrogen (secondary N) is 1. The van der Waals surface area contributed by atoms with Gasteiger partial charge >= 0.3 is 6.09 Å². The van der Waals surface area contributed by atoms with Crippen LogP contribution in [0.5, 0.6) is 0 Å². The van der Waals surface area contributed by atoms with Gasteiger partial charge in [-0.25, -0.2) is 4.79 Å². The quantitative estimate of drug-likeness (QED) is 0.844. The number of carbonyl (C=O) groups excluding carboxylic acids is 1. The van der Waals surface area contributed by atoms with Gasteiger partial charge in [0, 0.05) is 23.1 Å². The number of furan rings is 1. The lowest BCUT2D eigenvalue weighted by atomic mass is 9.97. The Morgan fingerprint density at radius 1 is 1.18 bits per heavy atom. The average Bonchev–Trinajstić information content (AvgIpc) is 2.74. The van der Waals surface area contributed by atoms with Gasteiger partial charge in [0.25, 0.3) is 0 Å². The lowest BCUT2D eigenvalue weighted by Gasteiger charge is -2.10. The first-order valence-electron chi connectivity index (χ1n) is 8.15. The number of benzene rings is 1. The molecule has 1 amide bonds. The Hall–Kier alpha value is -1.97. The molecule has 1 aromatic carbocycles. The van der Waals surface area contributed by atoms with Gasteiger partial charge in [0.05, 0.1) is 6.10 Å². The van der Waals surface area contributed by atoms with Gasteiger partial charge in [0.2, 0.25) is 0 Å². The molecule has 1 aliphatic carbocycles. The van der Waals surface area contributed by atoms with Crippen molar-refractivity contribution in [3.8, 4) is 0 Å². The Bertz CT molecular complexity index is 672. The minimum atomic E-state index is -0.416. The van der Waals surface area contributed by atoms with E-state index >= 15 is 0 Å². The summed E-state index contributed by atoms with van der Waals surface area (Å²) < 4.78 is 11.1. The number of amides is 1. The van der Waals surface area contributed by atoms with E-state index in [0.29, 0.717) is 0 Å². The van der Waals surface area contributed by atoms with Crippen molar-refractivity contribution in [2.45, 2.75) is 58.5 Å². The molecule has 0 bridgehead atoms. The summed E-state index contributed by atoms with van der Waals surface area (Å²) in [4.78, 5) is 11.7. The second kappa shape index (κ2) is 6.42. The fourth-order valence-corrected chi connectivity index (χ4v) is 3.06. The van der Waals surface area contributed by atoms with E-state index in [0.717, 1.165) is 35.3 Å². The van der Waals surface area contributed by atoms with Gasteiger partial charge in [-0.15, -0.1) is 0 Å². The molecule has 0 atom stereocenters. The van der Waals surface area contributed by atoms with Gasteiger partial charge in [-0.1, -0.05) is 12.8 Å².